The largest absolute Gasteiger partial charge is 0.480 e. The lowest BCUT2D eigenvalue weighted by Crippen LogP contribution is -2.44. The SMILES string of the molecule is CC(C)(C)OC(=O)N[C@H](Cc1ccc(C#CCCNC(=O)OCc2ccccc2)c2ccccc12)C(=O)O. The van der Waals surface area contributed by atoms with Crippen molar-refractivity contribution in [2.45, 2.75) is 51.9 Å². The van der Waals surface area contributed by atoms with Crippen LogP contribution in [0, 0.1) is 11.8 Å². The number of rotatable bonds is 8. The van der Waals surface area contributed by atoms with E-state index in [0.717, 1.165) is 27.5 Å². The van der Waals surface area contributed by atoms with Crippen molar-refractivity contribution >= 4 is 28.9 Å². The van der Waals surface area contributed by atoms with Gasteiger partial charge in [-0.25, -0.2) is 14.4 Å². The van der Waals surface area contributed by atoms with Crippen molar-refractivity contribution in [1.82, 2.24) is 10.6 Å². The minimum Gasteiger partial charge on any atom is -0.480 e. The van der Waals surface area contributed by atoms with Gasteiger partial charge in [-0.1, -0.05) is 72.5 Å². The molecular weight excluding hydrogens is 484 g/mol. The lowest BCUT2D eigenvalue weighted by molar-refractivity contribution is -0.139. The van der Waals surface area contributed by atoms with Gasteiger partial charge in [0.25, 0.3) is 0 Å². The summed E-state index contributed by atoms with van der Waals surface area (Å²) in [7, 11) is 0. The van der Waals surface area contributed by atoms with Crippen LogP contribution in [0.4, 0.5) is 9.59 Å². The molecule has 0 heterocycles. The van der Waals surface area contributed by atoms with E-state index in [9.17, 15) is 19.5 Å². The molecule has 3 N–H and O–H groups in total. The first kappa shape index (κ1) is 28.1. The van der Waals surface area contributed by atoms with Crippen LogP contribution < -0.4 is 10.6 Å². The minimum absolute atomic E-state index is 0.0812. The Kier molecular flexibility index (Phi) is 9.72. The van der Waals surface area contributed by atoms with E-state index in [2.05, 4.69) is 22.5 Å². The summed E-state index contributed by atoms with van der Waals surface area (Å²) in [5, 5.41) is 16.5. The molecule has 0 saturated heterocycles. The first-order valence-electron chi connectivity index (χ1n) is 12.3. The number of benzene rings is 3. The van der Waals surface area contributed by atoms with Gasteiger partial charge < -0.3 is 25.2 Å². The number of carbonyl (C=O) groups excluding carboxylic acids is 2. The first-order valence-corrected chi connectivity index (χ1v) is 12.3. The van der Waals surface area contributed by atoms with Crippen LogP contribution in [0.3, 0.4) is 0 Å². The van der Waals surface area contributed by atoms with Crippen LogP contribution in [0.25, 0.3) is 10.8 Å². The molecule has 198 valence electrons. The fourth-order valence-electron chi connectivity index (χ4n) is 3.68. The zero-order chi connectivity index (χ0) is 27.5. The van der Waals surface area contributed by atoms with Crippen molar-refractivity contribution in [3.8, 4) is 11.8 Å². The van der Waals surface area contributed by atoms with E-state index in [1.54, 1.807) is 20.8 Å². The maximum Gasteiger partial charge on any atom is 0.408 e. The average Bonchev–Trinajstić information content (AvgIpc) is 2.87. The summed E-state index contributed by atoms with van der Waals surface area (Å²) in [6.45, 7) is 5.68. The van der Waals surface area contributed by atoms with Gasteiger partial charge in [0.15, 0.2) is 0 Å². The number of ether oxygens (including phenoxy) is 2. The smallest absolute Gasteiger partial charge is 0.408 e. The molecule has 2 amide bonds. The van der Waals surface area contributed by atoms with E-state index in [4.69, 9.17) is 9.47 Å². The topological polar surface area (TPSA) is 114 Å². The molecule has 1 atom stereocenters. The van der Waals surface area contributed by atoms with Crippen LogP contribution >= 0.6 is 0 Å². The van der Waals surface area contributed by atoms with Gasteiger partial charge in [0.05, 0.1) is 0 Å². The Morgan fingerprint density at radius 2 is 1.61 bits per heavy atom. The fraction of sp³-hybridized carbons (Fsp3) is 0.300. The van der Waals surface area contributed by atoms with Gasteiger partial charge in [0.1, 0.15) is 18.2 Å². The van der Waals surface area contributed by atoms with Gasteiger partial charge in [-0.15, -0.1) is 0 Å². The van der Waals surface area contributed by atoms with E-state index in [0.29, 0.717) is 13.0 Å². The molecule has 0 aliphatic heterocycles. The Morgan fingerprint density at radius 3 is 2.29 bits per heavy atom. The third-order valence-electron chi connectivity index (χ3n) is 5.38. The van der Waals surface area contributed by atoms with E-state index in [1.807, 2.05) is 66.7 Å². The van der Waals surface area contributed by atoms with Crippen molar-refractivity contribution in [3.05, 3.63) is 83.4 Å². The highest BCUT2D eigenvalue weighted by Gasteiger charge is 2.25. The summed E-state index contributed by atoms with van der Waals surface area (Å²) in [5.74, 6) is 5.04. The third-order valence-corrected chi connectivity index (χ3v) is 5.38. The number of aliphatic carboxylic acids is 1. The monoisotopic (exact) mass is 516 g/mol. The molecule has 0 saturated carbocycles. The Hall–Kier alpha value is -4.51. The van der Waals surface area contributed by atoms with Crippen LogP contribution in [0.2, 0.25) is 0 Å². The number of carbonyl (C=O) groups is 3. The molecule has 0 bridgehead atoms. The van der Waals surface area contributed by atoms with Crippen LogP contribution in [0.1, 0.15) is 43.9 Å². The average molecular weight is 517 g/mol. The minimum atomic E-state index is -1.15. The van der Waals surface area contributed by atoms with Crippen molar-refractivity contribution < 1.29 is 29.0 Å². The van der Waals surface area contributed by atoms with Crippen LogP contribution in [-0.4, -0.2) is 41.4 Å². The highest BCUT2D eigenvalue weighted by molar-refractivity contribution is 5.91. The van der Waals surface area contributed by atoms with E-state index in [1.165, 1.54) is 0 Å². The quantitative estimate of drug-likeness (QED) is 0.286. The number of alkyl carbamates (subject to hydrolysis) is 2. The molecule has 3 rings (SSSR count). The summed E-state index contributed by atoms with van der Waals surface area (Å²) in [5.41, 5.74) is 1.71. The molecule has 0 unspecified atom stereocenters. The van der Waals surface area contributed by atoms with Crippen molar-refractivity contribution in [3.63, 3.8) is 0 Å². The number of carboxylic acid groups (broad SMARTS) is 1. The van der Waals surface area contributed by atoms with Gasteiger partial charge in [-0.3, -0.25) is 0 Å². The number of carboxylic acids is 1. The summed E-state index contributed by atoms with van der Waals surface area (Å²) >= 11 is 0. The number of nitrogens with one attached hydrogen (secondary N) is 2. The van der Waals surface area contributed by atoms with Crippen molar-refractivity contribution in [2.75, 3.05) is 6.54 Å². The molecule has 0 fully saturated rings. The lowest BCUT2D eigenvalue weighted by Gasteiger charge is -2.22. The Balaban J connectivity index is 1.62. The maximum absolute atomic E-state index is 12.1. The molecule has 0 aliphatic carbocycles. The normalized spacial score (nSPS) is 11.6. The molecule has 0 radical (unpaired) electrons. The molecule has 8 nitrogen and oxygen atoms in total. The second-order valence-electron chi connectivity index (χ2n) is 9.60. The highest BCUT2D eigenvalue weighted by atomic mass is 16.6. The summed E-state index contributed by atoms with van der Waals surface area (Å²) in [6.07, 6.45) is -0.775. The lowest BCUT2D eigenvalue weighted by atomic mass is 9.95. The Morgan fingerprint density at radius 1 is 0.921 bits per heavy atom. The molecule has 0 spiro atoms. The van der Waals surface area contributed by atoms with Crippen LogP contribution in [-0.2, 0) is 27.3 Å². The van der Waals surface area contributed by atoms with Gasteiger partial charge in [-0.2, -0.15) is 0 Å². The van der Waals surface area contributed by atoms with Crippen molar-refractivity contribution in [1.29, 1.82) is 0 Å². The van der Waals surface area contributed by atoms with Crippen molar-refractivity contribution in [2.24, 2.45) is 0 Å². The number of hydrogen-bond acceptors (Lipinski definition) is 5. The zero-order valence-electron chi connectivity index (χ0n) is 21.7. The number of fused-ring (bicyclic) bond motifs is 1. The van der Waals surface area contributed by atoms with Gasteiger partial charge in [0.2, 0.25) is 0 Å². The Labute approximate surface area is 222 Å². The molecule has 38 heavy (non-hydrogen) atoms. The zero-order valence-corrected chi connectivity index (χ0v) is 21.7. The summed E-state index contributed by atoms with van der Waals surface area (Å²) in [4.78, 5) is 35.9. The molecule has 8 heteroatoms. The third kappa shape index (κ3) is 8.86. The first-order chi connectivity index (χ1) is 18.1. The van der Waals surface area contributed by atoms with Crippen LogP contribution in [0.15, 0.2) is 66.7 Å². The second kappa shape index (κ2) is 13.2. The maximum atomic E-state index is 12.1. The molecule has 3 aromatic rings. The Bertz CT molecular complexity index is 1340. The van der Waals surface area contributed by atoms with E-state index >= 15 is 0 Å². The number of amides is 2. The van der Waals surface area contributed by atoms with Gasteiger partial charge >= 0.3 is 18.2 Å². The molecular formula is C30H32N2O6. The summed E-state index contributed by atoms with van der Waals surface area (Å²) < 4.78 is 10.4. The van der Waals surface area contributed by atoms with Crippen LogP contribution in [0.5, 0.6) is 0 Å². The molecule has 0 aliphatic rings. The second-order valence-corrected chi connectivity index (χ2v) is 9.60. The predicted molar refractivity (Wildman–Crippen MR) is 145 cm³/mol. The highest BCUT2D eigenvalue weighted by Crippen LogP contribution is 2.24. The standard InChI is InChI=1S/C30H32N2O6/c1-30(2,3)38-29(36)32-26(27(33)34)19-23-17-16-22(24-14-7-8-15-25(23)24)13-9-10-18-31-28(35)37-20-21-11-5-4-6-12-21/h4-8,11-12,14-17,26H,10,18-20H2,1-3H3,(H,31,35)(H,32,36)(H,33,34)/t26-/m1/s1. The molecule has 0 aromatic heterocycles. The summed E-state index contributed by atoms with van der Waals surface area (Å²) in [6, 6.07) is 19.5. The predicted octanol–water partition coefficient (Wildman–Crippen LogP) is 5.03. The van der Waals surface area contributed by atoms with E-state index < -0.39 is 29.8 Å². The van der Waals surface area contributed by atoms with Gasteiger partial charge in [0, 0.05) is 24.9 Å². The molecule has 3 aromatic carbocycles. The number of hydrogen-bond donors (Lipinski definition) is 3. The fourth-order valence-corrected chi connectivity index (χ4v) is 3.68. The van der Waals surface area contributed by atoms with E-state index in [-0.39, 0.29) is 13.0 Å². The van der Waals surface area contributed by atoms with Gasteiger partial charge in [-0.05, 0) is 48.7 Å².